The molecule has 0 aliphatic rings. The van der Waals surface area contributed by atoms with Crippen LogP contribution in [0.2, 0.25) is 0 Å². The number of rotatable bonds is 7. The van der Waals surface area contributed by atoms with Crippen LogP contribution in [0.3, 0.4) is 0 Å². The van der Waals surface area contributed by atoms with E-state index in [2.05, 4.69) is 15.6 Å². The second-order valence-corrected chi connectivity index (χ2v) is 6.83. The maximum absolute atomic E-state index is 12.7. The summed E-state index contributed by atoms with van der Waals surface area (Å²) in [4.78, 5) is 25.3. The average molecular weight is 392 g/mol. The smallest absolute Gasteiger partial charge is 0.292 e. The maximum Gasteiger partial charge on any atom is 0.292 e. The van der Waals surface area contributed by atoms with Gasteiger partial charge in [-0.05, 0) is 38.5 Å². The third-order valence-corrected chi connectivity index (χ3v) is 4.17. The van der Waals surface area contributed by atoms with Gasteiger partial charge in [-0.3, -0.25) is 9.59 Å². The molecular formula is C22H24N4O3. The van der Waals surface area contributed by atoms with Crippen LogP contribution in [0, 0.1) is 0 Å². The first-order chi connectivity index (χ1) is 14.0. The van der Waals surface area contributed by atoms with Gasteiger partial charge in [-0.1, -0.05) is 37.3 Å². The number of carbonyl (C=O) groups excluding carboxylic acids is 1. The molecule has 1 heterocycles. The summed E-state index contributed by atoms with van der Waals surface area (Å²) in [5.74, 6) is 0.199. The zero-order chi connectivity index (χ0) is 20.8. The number of para-hydroxylation sites is 1. The molecule has 3 aromatic rings. The number of hydrogen-bond donors (Lipinski definition) is 1. The van der Waals surface area contributed by atoms with Gasteiger partial charge in [0.05, 0.1) is 17.7 Å². The molecule has 0 saturated heterocycles. The van der Waals surface area contributed by atoms with E-state index >= 15 is 0 Å². The highest BCUT2D eigenvalue weighted by Gasteiger charge is 2.16. The van der Waals surface area contributed by atoms with E-state index in [9.17, 15) is 9.59 Å². The second kappa shape index (κ2) is 9.14. The zero-order valence-corrected chi connectivity index (χ0v) is 16.8. The lowest BCUT2D eigenvalue weighted by atomic mass is 10.1. The first-order valence-electron chi connectivity index (χ1n) is 9.60. The Morgan fingerprint density at radius 3 is 2.59 bits per heavy atom. The van der Waals surface area contributed by atoms with Crippen molar-refractivity contribution in [3.05, 3.63) is 70.1 Å². The lowest BCUT2D eigenvalue weighted by Gasteiger charge is -2.11. The summed E-state index contributed by atoms with van der Waals surface area (Å²) in [5, 5.41) is 9.29. The van der Waals surface area contributed by atoms with Crippen LogP contribution in [0.4, 0.5) is 0 Å². The lowest BCUT2D eigenvalue weighted by Crippen LogP contribution is -2.29. The van der Waals surface area contributed by atoms with E-state index in [4.69, 9.17) is 4.74 Å². The molecule has 29 heavy (non-hydrogen) atoms. The maximum atomic E-state index is 12.7. The van der Waals surface area contributed by atoms with Crippen molar-refractivity contribution in [1.29, 1.82) is 0 Å². The highest BCUT2D eigenvalue weighted by molar-refractivity contribution is 6.05. The molecule has 150 valence electrons. The van der Waals surface area contributed by atoms with Crippen molar-refractivity contribution in [1.82, 2.24) is 15.2 Å². The van der Waals surface area contributed by atoms with E-state index < -0.39 is 5.91 Å². The topological polar surface area (TPSA) is 85.6 Å². The van der Waals surface area contributed by atoms with E-state index in [0.717, 1.165) is 12.0 Å². The first kappa shape index (κ1) is 20.3. The molecule has 7 heteroatoms. The number of carbonyl (C=O) groups is 1. The van der Waals surface area contributed by atoms with Crippen LogP contribution in [0.25, 0.3) is 10.8 Å². The SMILES string of the molecule is CCCn1nc(C(=O)N/N=C/c2ccccc2OC(C)C)c2ccccc2c1=O. The molecule has 0 aliphatic heterocycles. The predicted molar refractivity (Wildman–Crippen MR) is 114 cm³/mol. The molecule has 0 aliphatic carbocycles. The minimum atomic E-state index is -0.482. The fourth-order valence-electron chi connectivity index (χ4n) is 2.93. The molecule has 3 rings (SSSR count). The number of nitrogens with one attached hydrogen (secondary N) is 1. The summed E-state index contributed by atoms with van der Waals surface area (Å²) in [5.41, 5.74) is 3.21. The monoisotopic (exact) mass is 392 g/mol. The molecule has 7 nitrogen and oxygen atoms in total. The van der Waals surface area contributed by atoms with Gasteiger partial charge in [0.25, 0.3) is 11.5 Å². The molecule has 2 aromatic carbocycles. The van der Waals surface area contributed by atoms with Crippen molar-refractivity contribution in [2.75, 3.05) is 0 Å². The van der Waals surface area contributed by atoms with E-state index in [1.807, 2.05) is 45.0 Å². The summed E-state index contributed by atoms with van der Waals surface area (Å²) in [7, 11) is 0. The average Bonchev–Trinajstić information content (AvgIpc) is 2.71. The van der Waals surface area contributed by atoms with Gasteiger partial charge in [-0.15, -0.1) is 0 Å². The van der Waals surface area contributed by atoms with Crippen molar-refractivity contribution in [2.45, 2.75) is 39.8 Å². The third kappa shape index (κ3) is 4.68. The number of fused-ring (bicyclic) bond motifs is 1. The fourth-order valence-corrected chi connectivity index (χ4v) is 2.93. The van der Waals surface area contributed by atoms with Crippen LogP contribution in [0.1, 0.15) is 43.2 Å². The number of benzene rings is 2. The Kier molecular flexibility index (Phi) is 6.39. The van der Waals surface area contributed by atoms with E-state index in [1.54, 1.807) is 24.3 Å². The Labute approximate surface area is 169 Å². The normalized spacial score (nSPS) is 11.3. The van der Waals surface area contributed by atoms with Crippen molar-refractivity contribution in [3.8, 4) is 5.75 Å². The summed E-state index contributed by atoms with van der Waals surface area (Å²) >= 11 is 0. The molecule has 1 aromatic heterocycles. The van der Waals surface area contributed by atoms with E-state index in [1.165, 1.54) is 10.9 Å². The number of nitrogens with zero attached hydrogens (tertiary/aromatic N) is 3. The van der Waals surface area contributed by atoms with Gasteiger partial charge in [0.2, 0.25) is 0 Å². The Balaban J connectivity index is 1.89. The Morgan fingerprint density at radius 1 is 1.17 bits per heavy atom. The minimum Gasteiger partial charge on any atom is -0.490 e. The number of amides is 1. The van der Waals surface area contributed by atoms with Crippen molar-refractivity contribution < 1.29 is 9.53 Å². The van der Waals surface area contributed by atoms with Crippen LogP contribution < -0.4 is 15.7 Å². The number of hydrazone groups is 1. The van der Waals surface area contributed by atoms with Crippen LogP contribution in [0.15, 0.2) is 58.4 Å². The summed E-state index contributed by atoms with van der Waals surface area (Å²) in [6.45, 7) is 6.27. The van der Waals surface area contributed by atoms with Gasteiger partial charge in [0.1, 0.15) is 5.75 Å². The van der Waals surface area contributed by atoms with E-state index in [-0.39, 0.29) is 17.4 Å². The van der Waals surface area contributed by atoms with Crippen LogP contribution in [0.5, 0.6) is 5.75 Å². The summed E-state index contributed by atoms with van der Waals surface area (Å²) in [6, 6.07) is 14.4. The highest BCUT2D eigenvalue weighted by atomic mass is 16.5. The molecule has 0 fully saturated rings. The predicted octanol–water partition coefficient (Wildman–Crippen LogP) is 3.36. The van der Waals surface area contributed by atoms with Crippen LogP contribution >= 0.6 is 0 Å². The van der Waals surface area contributed by atoms with Crippen molar-refractivity contribution in [2.24, 2.45) is 5.10 Å². The van der Waals surface area contributed by atoms with Gasteiger partial charge in [-0.2, -0.15) is 10.2 Å². The molecule has 0 bridgehead atoms. The molecule has 1 amide bonds. The highest BCUT2D eigenvalue weighted by Crippen LogP contribution is 2.17. The Morgan fingerprint density at radius 2 is 1.86 bits per heavy atom. The second-order valence-electron chi connectivity index (χ2n) is 6.83. The molecule has 1 N–H and O–H groups in total. The standard InChI is InChI=1S/C22H24N4O3/c1-4-13-26-22(28)18-11-7-6-10-17(18)20(25-26)21(27)24-23-14-16-9-5-8-12-19(16)29-15(2)3/h5-12,14-15H,4,13H2,1-3H3,(H,24,27)/b23-14+. The van der Waals surface area contributed by atoms with Gasteiger partial charge >= 0.3 is 0 Å². The fraction of sp³-hybridized carbons (Fsp3) is 0.273. The van der Waals surface area contributed by atoms with Crippen molar-refractivity contribution in [3.63, 3.8) is 0 Å². The molecule has 0 atom stereocenters. The van der Waals surface area contributed by atoms with E-state index in [0.29, 0.717) is 23.1 Å². The summed E-state index contributed by atoms with van der Waals surface area (Å²) in [6.07, 6.45) is 2.28. The number of ether oxygens (including phenoxy) is 1. The molecule has 0 unspecified atom stereocenters. The summed E-state index contributed by atoms with van der Waals surface area (Å²) < 4.78 is 7.07. The van der Waals surface area contributed by atoms with Gasteiger partial charge in [-0.25, -0.2) is 10.1 Å². The Bertz CT molecular complexity index is 1100. The molecule has 0 spiro atoms. The van der Waals surface area contributed by atoms with Crippen LogP contribution in [-0.2, 0) is 6.54 Å². The van der Waals surface area contributed by atoms with Gasteiger partial charge in [0.15, 0.2) is 5.69 Å². The lowest BCUT2D eigenvalue weighted by molar-refractivity contribution is 0.0949. The molecule has 0 saturated carbocycles. The zero-order valence-electron chi connectivity index (χ0n) is 16.8. The number of aromatic nitrogens is 2. The minimum absolute atomic E-state index is 0.0225. The third-order valence-electron chi connectivity index (χ3n) is 4.17. The molecular weight excluding hydrogens is 368 g/mol. The number of aryl methyl sites for hydroxylation is 1. The quantitative estimate of drug-likeness (QED) is 0.493. The van der Waals surface area contributed by atoms with Gasteiger partial charge in [0, 0.05) is 17.5 Å². The largest absolute Gasteiger partial charge is 0.490 e. The van der Waals surface area contributed by atoms with Gasteiger partial charge < -0.3 is 4.74 Å². The number of hydrogen-bond acceptors (Lipinski definition) is 5. The van der Waals surface area contributed by atoms with Crippen LogP contribution in [-0.4, -0.2) is 28.0 Å². The first-order valence-corrected chi connectivity index (χ1v) is 9.60. The Hall–Kier alpha value is -3.48. The van der Waals surface area contributed by atoms with Crippen molar-refractivity contribution >= 4 is 22.9 Å². The molecule has 0 radical (unpaired) electrons.